The largest absolute Gasteiger partial charge is 0.334 e. The molecule has 2 amide bonds. The van der Waals surface area contributed by atoms with Gasteiger partial charge in [0.2, 0.25) is 0 Å². The molecule has 7 heteroatoms. The second kappa shape index (κ2) is 8.21. The molecule has 0 bridgehead atoms. The van der Waals surface area contributed by atoms with Crippen molar-refractivity contribution in [2.45, 2.75) is 38.5 Å². The highest BCUT2D eigenvalue weighted by Gasteiger charge is 2.32. The van der Waals surface area contributed by atoms with Gasteiger partial charge in [-0.15, -0.1) is 0 Å². The fourth-order valence-electron chi connectivity index (χ4n) is 2.91. The van der Waals surface area contributed by atoms with Crippen molar-refractivity contribution in [3.63, 3.8) is 0 Å². The standard InChI is InChI=1S/C17H25ClN2O3S/c1-13(2)12-24(22,23)16-4-3-9-20(11-16)17(21)19-10-14-5-7-15(18)8-6-14/h5-8,13,16H,3-4,9-12H2,1-2H3,(H,19,21)/t16-/m1/s1. The van der Waals surface area contributed by atoms with E-state index < -0.39 is 15.1 Å². The topological polar surface area (TPSA) is 66.5 Å². The van der Waals surface area contributed by atoms with Crippen molar-refractivity contribution < 1.29 is 13.2 Å². The number of nitrogens with one attached hydrogen (secondary N) is 1. The lowest BCUT2D eigenvalue weighted by Crippen LogP contribution is -2.49. The van der Waals surface area contributed by atoms with Crippen LogP contribution in [0.15, 0.2) is 24.3 Å². The smallest absolute Gasteiger partial charge is 0.317 e. The molecule has 1 atom stereocenters. The predicted octanol–water partition coefficient (Wildman–Crippen LogP) is 3.08. The van der Waals surface area contributed by atoms with Crippen LogP contribution in [0, 0.1) is 5.92 Å². The summed E-state index contributed by atoms with van der Waals surface area (Å²) in [7, 11) is -3.16. The number of amides is 2. The molecule has 0 saturated carbocycles. The first-order valence-electron chi connectivity index (χ1n) is 8.26. The third-order valence-electron chi connectivity index (χ3n) is 4.10. The number of nitrogens with zero attached hydrogens (tertiary/aromatic N) is 1. The van der Waals surface area contributed by atoms with E-state index in [0.29, 0.717) is 24.5 Å². The molecule has 0 unspecified atom stereocenters. The van der Waals surface area contributed by atoms with E-state index in [2.05, 4.69) is 5.32 Å². The van der Waals surface area contributed by atoms with Crippen molar-refractivity contribution in [2.24, 2.45) is 5.92 Å². The van der Waals surface area contributed by atoms with Gasteiger partial charge in [0.1, 0.15) is 0 Å². The lowest BCUT2D eigenvalue weighted by Gasteiger charge is -2.32. The molecule has 1 aromatic carbocycles. The van der Waals surface area contributed by atoms with Crippen LogP contribution in [-0.2, 0) is 16.4 Å². The first-order chi connectivity index (χ1) is 11.3. The van der Waals surface area contributed by atoms with E-state index in [1.807, 2.05) is 26.0 Å². The number of rotatable bonds is 5. The maximum absolute atomic E-state index is 12.4. The molecule has 24 heavy (non-hydrogen) atoms. The van der Waals surface area contributed by atoms with Crippen LogP contribution >= 0.6 is 11.6 Å². The lowest BCUT2D eigenvalue weighted by molar-refractivity contribution is 0.186. The van der Waals surface area contributed by atoms with Gasteiger partial charge in [-0.2, -0.15) is 0 Å². The minimum atomic E-state index is -3.16. The van der Waals surface area contributed by atoms with Crippen LogP contribution in [0.3, 0.4) is 0 Å². The molecule has 2 rings (SSSR count). The van der Waals surface area contributed by atoms with E-state index >= 15 is 0 Å². The highest BCUT2D eigenvalue weighted by atomic mass is 35.5. The quantitative estimate of drug-likeness (QED) is 0.863. The van der Waals surface area contributed by atoms with Gasteiger partial charge in [0.05, 0.1) is 11.0 Å². The fourth-order valence-corrected chi connectivity index (χ4v) is 5.17. The highest BCUT2D eigenvalue weighted by molar-refractivity contribution is 7.92. The second-order valence-electron chi connectivity index (χ2n) is 6.72. The molecule has 1 saturated heterocycles. The summed E-state index contributed by atoms with van der Waals surface area (Å²) in [5, 5.41) is 3.05. The van der Waals surface area contributed by atoms with E-state index in [4.69, 9.17) is 11.6 Å². The molecule has 0 radical (unpaired) electrons. The molecular formula is C17H25ClN2O3S. The summed E-state index contributed by atoms with van der Waals surface area (Å²) in [5.74, 6) is 0.279. The number of hydrogen-bond acceptors (Lipinski definition) is 3. The van der Waals surface area contributed by atoms with E-state index in [9.17, 15) is 13.2 Å². The Bertz CT molecular complexity index is 659. The van der Waals surface area contributed by atoms with Crippen LogP contribution in [0.4, 0.5) is 4.79 Å². The van der Waals surface area contributed by atoms with Gasteiger partial charge in [0.25, 0.3) is 0 Å². The van der Waals surface area contributed by atoms with Gasteiger partial charge >= 0.3 is 6.03 Å². The molecule has 1 aliphatic rings. The zero-order valence-electron chi connectivity index (χ0n) is 14.2. The minimum Gasteiger partial charge on any atom is -0.334 e. The number of carbonyl (C=O) groups excluding carboxylic acids is 1. The maximum atomic E-state index is 12.4. The predicted molar refractivity (Wildman–Crippen MR) is 96.9 cm³/mol. The Labute approximate surface area is 149 Å². The SMILES string of the molecule is CC(C)CS(=O)(=O)[C@@H]1CCCN(C(=O)NCc2ccc(Cl)cc2)C1. The van der Waals surface area contributed by atoms with Gasteiger partial charge < -0.3 is 10.2 Å². The molecule has 0 aromatic heterocycles. The summed E-state index contributed by atoms with van der Waals surface area (Å²) in [5.41, 5.74) is 0.953. The summed E-state index contributed by atoms with van der Waals surface area (Å²) in [6.07, 6.45) is 1.35. The van der Waals surface area contributed by atoms with Crippen LogP contribution in [0.2, 0.25) is 5.02 Å². The third kappa shape index (κ3) is 5.38. The number of urea groups is 1. The van der Waals surface area contributed by atoms with Gasteiger partial charge in [-0.1, -0.05) is 37.6 Å². The Morgan fingerprint density at radius 2 is 2.00 bits per heavy atom. The Hall–Kier alpha value is -1.27. The number of benzene rings is 1. The minimum absolute atomic E-state index is 0.101. The molecule has 0 spiro atoms. The maximum Gasteiger partial charge on any atom is 0.317 e. The zero-order valence-corrected chi connectivity index (χ0v) is 15.7. The van der Waals surface area contributed by atoms with Crippen LogP contribution in [0.5, 0.6) is 0 Å². The van der Waals surface area contributed by atoms with E-state index in [0.717, 1.165) is 12.0 Å². The first kappa shape index (κ1) is 19.1. The van der Waals surface area contributed by atoms with Gasteiger partial charge in [-0.05, 0) is 36.5 Å². The van der Waals surface area contributed by atoms with Crippen molar-refractivity contribution in [2.75, 3.05) is 18.8 Å². The number of hydrogen-bond donors (Lipinski definition) is 1. The summed E-state index contributed by atoms with van der Waals surface area (Å²) < 4.78 is 24.8. The third-order valence-corrected chi connectivity index (χ3v) is 6.88. The summed E-state index contributed by atoms with van der Waals surface area (Å²) >= 11 is 5.84. The fraction of sp³-hybridized carbons (Fsp3) is 0.588. The zero-order chi connectivity index (χ0) is 17.7. The summed E-state index contributed by atoms with van der Waals surface area (Å²) in [6, 6.07) is 7.05. The summed E-state index contributed by atoms with van der Waals surface area (Å²) in [6.45, 7) is 5.07. The molecule has 1 fully saturated rings. The van der Waals surface area contributed by atoms with Crippen molar-refractivity contribution in [1.82, 2.24) is 10.2 Å². The normalized spacial score (nSPS) is 18.7. The van der Waals surface area contributed by atoms with Crippen LogP contribution < -0.4 is 5.32 Å². The van der Waals surface area contributed by atoms with Gasteiger partial charge in [0, 0.05) is 24.7 Å². The van der Waals surface area contributed by atoms with E-state index in [1.165, 1.54) is 0 Å². The Kier molecular flexibility index (Phi) is 6.52. The Balaban J connectivity index is 1.91. The molecule has 0 aliphatic carbocycles. The molecule has 5 nitrogen and oxygen atoms in total. The van der Waals surface area contributed by atoms with E-state index in [-0.39, 0.29) is 24.2 Å². The molecule has 1 heterocycles. The molecule has 134 valence electrons. The molecule has 1 aliphatic heterocycles. The Morgan fingerprint density at radius 3 is 2.62 bits per heavy atom. The van der Waals surface area contributed by atoms with Gasteiger partial charge in [0.15, 0.2) is 9.84 Å². The van der Waals surface area contributed by atoms with Gasteiger partial charge in [-0.3, -0.25) is 0 Å². The summed E-state index contributed by atoms with van der Waals surface area (Å²) in [4.78, 5) is 13.9. The van der Waals surface area contributed by atoms with Crippen LogP contribution in [-0.4, -0.2) is 43.4 Å². The second-order valence-corrected chi connectivity index (χ2v) is 9.48. The van der Waals surface area contributed by atoms with Crippen molar-refractivity contribution >= 4 is 27.5 Å². The van der Waals surface area contributed by atoms with Gasteiger partial charge in [-0.25, -0.2) is 13.2 Å². The monoisotopic (exact) mass is 372 g/mol. The molecular weight excluding hydrogens is 348 g/mol. The average molecular weight is 373 g/mol. The van der Waals surface area contributed by atoms with Crippen molar-refractivity contribution in [3.05, 3.63) is 34.9 Å². The van der Waals surface area contributed by atoms with Crippen molar-refractivity contribution in [3.8, 4) is 0 Å². The van der Waals surface area contributed by atoms with E-state index in [1.54, 1.807) is 17.0 Å². The number of halogens is 1. The molecule has 1 N–H and O–H groups in total. The van der Waals surface area contributed by atoms with Crippen molar-refractivity contribution in [1.29, 1.82) is 0 Å². The number of carbonyl (C=O) groups is 1. The van der Waals surface area contributed by atoms with Crippen LogP contribution in [0.1, 0.15) is 32.3 Å². The van der Waals surface area contributed by atoms with Crippen LogP contribution in [0.25, 0.3) is 0 Å². The average Bonchev–Trinajstić information content (AvgIpc) is 2.53. The molecule has 1 aromatic rings. The highest BCUT2D eigenvalue weighted by Crippen LogP contribution is 2.20. The first-order valence-corrected chi connectivity index (χ1v) is 10.4. The lowest BCUT2D eigenvalue weighted by atomic mass is 10.1. The number of piperidine rings is 1. The number of sulfone groups is 1. The Morgan fingerprint density at radius 1 is 1.33 bits per heavy atom. The number of likely N-dealkylation sites (tertiary alicyclic amines) is 1.